The highest BCUT2D eigenvalue weighted by Gasteiger charge is 2.31. The molecule has 5 rings (SSSR count). The number of methoxy groups -OCH3 is 1. The van der Waals surface area contributed by atoms with Gasteiger partial charge in [0.25, 0.3) is 5.56 Å². The molecule has 0 aliphatic heterocycles. The molecular formula is C30H31ClN6O2. The Labute approximate surface area is 232 Å². The number of hydrogen-bond donors (Lipinski definition) is 1. The third-order valence-electron chi connectivity index (χ3n) is 7.02. The van der Waals surface area contributed by atoms with E-state index in [4.69, 9.17) is 16.3 Å². The van der Waals surface area contributed by atoms with Crippen LogP contribution in [0.15, 0.2) is 77.6 Å². The van der Waals surface area contributed by atoms with Crippen molar-refractivity contribution in [1.29, 1.82) is 0 Å². The van der Waals surface area contributed by atoms with Crippen molar-refractivity contribution in [2.24, 2.45) is 0 Å². The maximum Gasteiger partial charge on any atom is 0.253 e. The Kier molecular flexibility index (Phi) is 8.16. The number of fused-ring (bicyclic) bond motifs is 1. The van der Waals surface area contributed by atoms with E-state index in [1.165, 1.54) is 0 Å². The molecule has 39 heavy (non-hydrogen) atoms. The Morgan fingerprint density at radius 1 is 1.00 bits per heavy atom. The highest BCUT2D eigenvalue weighted by molar-refractivity contribution is 6.31. The Morgan fingerprint density at radius 3 is 2.51 bits per heavy atom. The zero-order valence-electron chi connectivity index (χ0n) is 22.3. The minimum Gasteiger partial charge on any atom is -0.383 e. The lowest BCUT2D eigenvalue weighted by atomic mass is 9.99. The molecule has 0 bridgehead atoms. The van der Waals surface area contributed by atoms with E-state index in [0.29, 0.717) is 42.7 Å². The van der Waals surface area contributed by atoms with E-state index in [2.05, 4.69) is 50.5 Å². The fraction of sp³-hybridized carbons (Fsp3) is 0.267. The number of tetrazole rings is 1. The molecule has 0 radical (unpaired) electrons. The first-order valence-electron chi connectivity index (χ1n) is 12.8. The molecule has 0 aliphatic rings. The van der Waals surface area contributed by atoms with Crippen molar-refractivity contribution < 1.29 is 4.74 Å². The summed E-state index contributed by atoms with van der Waals surface area (Å²) < 4.78 is 7.02. The van der Waals surface area contributed by atoms with Crippen molar-refractivity contribution in [3.05, 3.63) is 122 Å². The lowest BCUT2D eigenvalue weighted by Gasteiger charge is -2.31. The zero-order valence-corrected chi connectivity index (χ0v) is 23.0. The fourth-order valence-electron chi connectivity index (χ4n) is 4.84. The number of aromatic amines is 1. The number of H-pyrrole nitrogens is 1. The highest BCUT2D eigenvalue weighted by Crippen LogP contribution is 2.31. The molecule has 3 aromatic carbocycles. The molecule has 9 heteroatoms. The smallest absolute Gasteiger partial charge is 0.253 e. The summed E-state index contributed by atoms with van der Waals surface area (Å²) in [6.45, 7) is 6.00. The van der Waals surface area contributed by atoms with Crippen molar-refractivity contribution in [1.82, 2.24) is 30.1 Å². The summed E-state index contributed by atoms with van der Waals surface area (Å²) in [5.74, 6) is 0.559. The molecule has 1 atom stereocenters. The van der Waals surface area contributed by atoms with Crippen LogP contribution in [0.1, 0.15) is 39.7 Å². The van der Waals surface area contributed by atoms with Gasteiger partial charge in [0.05, 0.1) is 13.2 Å². The number of aryl methyl sites for hydroxylation is 2. The van der Waals surface area contributed by atoms with E-state index in [1.807, 2.05) is 61.5 Å². The van der Waals surface area contributed by atoms with Crippen LogP contribution in [0.2, 0.25) is 5.02 Å². The summed E-state index contributed by atoms with van der Waals surface area (Å²) >= 11 is 6.63. The largest absolute Gasteiger partial charge is 0.383 e. The van der Waals surface area contributed by atoms with Crippen molar-refractivity contribution in [3.8, 4) is 0 Å². The maximum absolute atomic E-state index is 13.8. The van der Waals surface area contributed by atoms with Crippen LogP contribution in [0.5, 0.6) is 0 Å². The Morgan fingerprint density at radius 2 is 1.74 bits per heavy atom. The normalized spacial score (nSPS) is 12.3. The quantitative estimate of drug-likeness (QED) is 0.260. The number of pyridine rings is 1. The van der Waals surface area contributed by atoms with Crippen LogP contribution in [0.3, 0.4) is 0 Å². The second-order valence-corrected chi connectivity index (χ2v) is 10.1. The number of ether oxygens (including phenoxy) is 1. The maximum atomic E-state index is 13.8. The monoisotopic (exact) mass is 542 g/mol. The van der Waals surface area contributed by atoms with Crippen molar-refractivity contribution in [3.63, 3.8) is 0 Å². The standard InChI is InChI=1S/C30H31ClN6O2/c1-20-15-24-17-25(30(38)32-27(24)16-21(20)2)28(29-33-34-35-37(29)13-14-39-3)36(18-22-9-5-4-6-10-22)19-23-11-7-8-12-26(23)31/h4-12,15-17,28H,13-14,18-19H2,1-3H3,(H,32,38). The van der Waals surface area contributed by atoms with Gasteiger partial charge in [-0.15, -0.1) is 5.10 Å². The zero-order chi connectivity index (χ0) is 27.4. The third kappa shape index (κ3) is 5.93. The van der Waals surface area contributed by atoms with Gasteiger partial charge in [-0.3, -0.25) is 9.69 Å². The van der Waals surface area contributed by atoms with Gasteiger partial charge in [0.15, 0.2) is 5.82 Å². The molecule has 8 nitrogen and oxygen atoms in total. The van der Waals surface area contributed by atoms with E-state index in [9.17, 15) is 4.79 Å². The number of aromatic nitrogens is 5. The van der Waals surface area contributed by atoms with Crippen molar-refractivity contribution in [2.75, 3.05) is 13.7 Å². The van der Waals surface area contributed by atoms with Crippen LogP contribution < -0.4 is 5.56 Å². The first kappa shape index (κ1) is 26.7. The second kappa shape index (κ2) is 11.9. The van der Waals surface area contributed by atoms with E-state index in [1.54, 1.807) is 11.8 Å². The number of benzene rings is 3. The summed E-state index contributed by atoms with van der Waals surface area (Å²) in [5.41, 5.74) is 5.48. The molecule has 2 heterocycles. The number of halogens is 1. The van der Waals surface area contributed by atoms with Crippen LogP contribution in [0, 0.1) is 13.8 Å². The average Bonchev–Trinajstić information content (AvgIpc) is 3.39. The van der Waals surface area contributed by atoms with E-state index >= 15 is 0 Å². The van der Waals surface area contributed by atoms with Crippen LogP contribution in [0.25, 0.3) is 10.9 Å². The predicted octanol–water partition coefficient (Wildman–Crippen LogP) is 5.22. The topological polar surface area (TPSA) is 88.9 Å². The summed E-state index contributed by atoms with van der Waals surface area (Å²) in [6.07, 6.45) is 0. The summed E-state index contributed by atoms with van der Waals surface area (Å²) in [4.78, 5) is 19.1. The second-order valence-electron chi connectivity index (χ2n) is 9.72. The molecule has 1 N–H and O–H groups in total. The van der Waals surface area contributed by atoms with Gasteiger partial charge >= 0.3 is 0 Å². The van der Waals surface area contributed by atoms with Gasteiger partial charge in [-0.25, -0.2) is 4.68 Å². The van der Waals surface area contributed by atoms with Crippen molar-refractivity contribution >= 4 is 22.5 Å². The van der Waals surface area contributed by atoms with Crippen LogP contribution in [0.4, 0.5) is 0 Å². The number of nitrogens with zero attached hydrogens (tertiary/aromatic N) is 5. The molecule has 1 unspecified atom stereocenters. The number of nitrogens with one attached hydrogen (secondary N) is 1. The predicted molar refractivity (Wildman–Crippen MR) is 153 cm³/mol. The third-order valence-corrected chi connectivity index (χ3v) is 7.39. The summed E-state index contributed by atoms with van der Waals surface area (Å²) in [6, 6.07) is 23.4. The molecule has 0 saturated carbocycles. The van der Waals surface area contributed by atoms with E-state index in [0.717, 1.165) is 33.2 Å². The molecule has 0 spiro atoms. The lowest BCUT2D eigenvalue weighted by Crippen LogP contribution is -2.35. The number of rotatable bonds is 10. The molecular weight excluding hydrogens is 512 g/mol. The first-order valence-corrected chi connectivity index (χ1v) is 13.2. The van der Waals surface area contributed by atoms with Gasteiger partial charge in [-0.2, -0.15) is 0 Å². The molecule has 200 valence electrons. The Bertz CT molecular complexity index is 1630. The van der Waals surface area contributed by atoms with Gasteiger partial charge in [-0.05, 0) is 76.2 Å². The van der Waals surface area contributed by atoms with Gasteiger partial charge in [0.2, 0.25) is 0 Å². The Balaban J connectivity index is 1.71. The first-order chi connectivity index (χ1) is 18.9. The van der Waals surface area contributed by atoms with Crippen molar-refractivity contribution in [2.45, 2.75) is 39.5 Å². The Hall–Kier alpha value is -3.85. The summed E-state index contributed by atoms with van der Waals surface area (Å²) in [5, 5.41) is 14.3. The fourth-order valence-corrected chi connectivity index (χ4v) is 5.04. The molecule has 5 aromatic rings. The molecule has 0 saturated heterocycles. The highest BCUT2D eigenvalue weighted by atomic mass is 35.5. The van der Waals surface area contributed by atoms with Crippen LogP contribution >= 0.6 is 11.6 Å². The minimum absolute atomic E-state index is 0.186. The van der Waals surface area contributed by atoms with Gasteiger partial charge < -0.3 is 9.72 Å². The van der Waals surface area contributed by atoms with E-state index in [-0.39, 0.29) is 5.56 Å². The average molecular weight is 543 g/mol. The minimum atomic E-state index is -0.567. The SMILES string of the molecule is COCCn1nnnc1C(c1cc2cc(C)c(C)cc2[nH]c1=O)N(Cc1ccccc1)Cc1ccccc1Cl. The van der Waals surface area contributed by atoms with Gasteiger partial charge in [0, 0.05) is 36.3 Å². The molecule has 2 aromatic heterocycles. The molecule has 0 fully saturated rings. The van der Waals surface area contributed by atoms with Gasteiger partial charge in [-0.1, -0.05) is 60.1 Å². The van der Waals surface area contributed by atoms with Crippen LogP contribution in [-0.4, -0.2) is 43.8 Å². The summed E-state index contributed by atoms with van der Waals surface area (Å²) in [7, 11) is 1.64. The number of hydrogen-bond acceptors (Lipinski definition) is 6. The van der Waals surface area contributed by atoms with E-state index < -0.39 is 6.04 Å². The van der Waals surface area contributed by atoms with Crippen LogP contribution in [-0.2, 0) is 24.4 Å². The lowest BCUT2D eigenvalue weighted by molar-refractivity contribution is 0.169. The van der Waals surface area contributed by atoms with Gasteiger partial charge in [0.1, 0.15) is 6.04 Å². The molecule has 0 amide bonds. The molecule has 0 aliphatic carbocycles.